The first kappa shape index (κ1) is 8.74. The molecule has 0 amide bonds. The second-order valence-electron chi connectivity index (χ2n) is 2.97. The molecule has 2 rings (SSSR count). The summed E-state index contributed by atoms with van der Waals surface area (Å²) in [4.78, 5) is 3.08. The number of hydrogen-bond acceptors (Lipinski definition) is 3. The van der Waals surface area contributed by atoms with Crippen molar-refractivity contribution >= 4 is 16.6 Å². The van der Waals surface area contributed by atoms with E-state index < -0.39 is 0 Å². The molecule has 1 aromatic heterocycles. The maximum Gasteiger partial charge on any atom is 0.187 e. The van der Waals surface area contributed by atoms with E-state index in [2.05, 4.69) is 4.98 Å². The lowest BCUT2D eigenvalue weighted by molar-refractivity contribution is 0.359. The van der Waals surface area contributed by atoms with Crippen LogP contribution in [-0.2, 0) is 0 Å². The lowest BCUT2D eigenvalue weighted by Crippen LogP contribution is -1.96. The first-order chi connectivity index (χ1) is 6.77. The number of ether oxygens (including phenoxy) is 2. The number of hydrogen-bond donors (Lipinski definition) is 2. The third-order valence-corrected chi connectivity index (χ3v) is 2.19. The Morgan fingerprint density at radius 3 is 2.57 bits per heavy atom. The summed E-state index contributed by atoms with van der Waals surface area (Å²) < 4.78 is 10.4. The summed E-state index contributed by atoms with van der Waals surface area (Å²) in [6, 6.07) is 3.79. The fourth-order valence-electron chi connectivity index (χ4n) is 1.58. The van der Waals surface area contributed by atoms with Crippen molar-refractivity contribution in [1.82, 2.24) is 4.98 Å². The Morgan fingerprint density at radius 2 is 1.93 bits per heavy atom. The van der Waals surface area contributed by atoms with Crippen LogP contribution in [0.1, 0.15) is 0 Å². The van der Waals surface area contributed by atoms with Crippen molar-refractivity contribution in [1.29, 1.82) is 0 Å². The van der Waals surface area contributed by atoms with Gasteiger partial charge in [0.25, 0.3) is 0 Å². The monoisotopic (exact) mass is 192 g/mol. The first-order valence-electron chi connectivity index (χ1n) is 4.25. The highest BCUT2D eigenvalue weighted by Crippen LogP contribution is 2.39. The summed E-state index contributed by atoms with van der Waals surface area (Å²) in [5, 5.41) is 1.01. The fraction of sp³-hybridized carbons (Fsp3) is 0.200. The molecule has 1 aromatic carbocycles. The molecule has 4 heteroatoms. The average molecular weight is 192 g/mol. The van der Waals surface area contributed by atoms with Crippen molar-refractivity contribution in [2.24, 2.45) is 0 Å². The predicted molar refractivity (Wildman–Crippen MR) is 55.8 cm³/mol. The van der Waals surface area contributed by atoms with Crippen molar-refractivity contribution in [3.63, 3.8) is 0 Å². The van der Waals surface area contributed by atoms with Gasteiger partial charge in [-0.2, -0.15) is 0 Å². The second kappa shape index (κ2) is 3.14. The van der Waals surface area contributed by atoms with Gasteiger partial charge in [0.2, 0.25) is 0 Å². The maximum atomic E-state index is 5.81. The van der Waals surface area contributed by atoms with Crippen molar-refractivity contribution in [2.45, 2.75) is 0 Å². The van der Waals surface area contributed by atoms with E-state index in [-0.39, 0.29) is 0 Å². The Labute approximate surface area is 81.6 Å². The van der Waals surface area contributed by atoms with Gasteiger partial charge in [0.05, 0.1) is 25.4 Å². The van der Waals surface area contributed by atoms with Crippen molar-refractivity contribution in [3.05, 3.63) is 18.3 Å². The maximum absolute atomic E-state index is 5.81. The van der Waals surface area contributed by atoms with Gasteiger partial charge in [-0.3, -0.25) is 0 Å². The number of methoxy groups -OCH3 is 2. The van der Waals surface area contributed by atoms with Gasteiger partial charge >= 0.3 is 0 Å². The van der Waals surface area contributed by atoms with Gasteiger partial charge in [-0.25, -0.2) is 0 Å². The quantitative estimate of drug-likeness (QED) is 0.713. The van der Waals surface area contributed by atoms with Crippen LogP contribution >= 0.6 is 0 Å². The Bertz CT molecular complexity index is 462. The third-order valence-electron chi connectivity index (χ3n) is 2.19. The zero-order valence-electron chi connectivity index (χ0n) is 8.13. The van der Waals surface area contributed by atoms with E-state index in [1.165, 1.54) is 0 Å². The van der Waals surface area contributed by atoms with Gasteiger partial charge in [-0.15, -0.1) is 0 Å². The SMILES string of the molecule is COc1c(N)cc2cc[nH]c2c1OC. The van der Waals surface area contributed by atoms with E-state index in [0.29, 0.717) is 17.2 Å². The van der Waals surface area contributed by atoms with Crippen LogP contribution < -0.4 is 15.2 Å². The molecule has 0 saturated carbocycles. The number of nitrogens with two attached hydrogens (primary N) is 1. The summed E-state index contributed by atoms with van der Waals surface area (Å²) in [6.45, 7) is 0. The lowest BCUT2D eigenvalue weighted by atomic mass is 10.2. The van der Waals surface area contributed by atoms with E-state index in [9.17, 15) is 0 Å². The van der Waals surface area contributed by atoms with Crippen LogP contribution in [0.4, 0.5) is 5.69 Å². The van der Waals surface area contributed by atoms with Crippen LogP contribution in [0.15, 0.2) is 18.3 Å². The van der Waals surface area contributed by atoms with E-state index in [0.717, 1.165) is 10.9 Å². The minimum Gasteiger partial charge on any atom is -0.491 e. The van der Waals surface area contributed by atoms with Gasteiger partial charge in [-0.1, -0.05) is 0 Å². The van der Waals surface area contributed by atoms with Crippen LogP contribution in [0, 0.1) is 0 Å². The number of benzene rings is 1. The van der Waals surface area contributed by atoms with E-state index in [1.807, 2.05) is 18.3 Å². The van der Waals surface area contributed by atoms with Crippen molar-refractivity contribution in [3.8, 4) is 11.5 Å². The van der Waals surface area contributed by atoms with E-state index >= 15 is 0 Å². The van der Waals surface area contributed by atoms with Crippen LogP contribution in [0.3, 0.4) is 0 Å². The molecule has 0 spiro atoms. The van der Waals surface area contributed by atoms with Crippen molar-refractivity contribution < 1.29 is 9.47 Å². The highest BCUT2D eigenvalue weighted by Gasteiger charge is 2.13. The van der Waals surface area contributed by atoms with Gasteiger partial charge in [0, 0.05) is 11.6 Å². The molecule has 2 aromatic rings. The summed E-state index contributed by atoms with van der Waals surface area (Å²) in [5.41, 5.74) is 7.30. The fourth-order valence-corrected chi connectivity index (χ4v) is 1.58. The zero-order valence-corrected chi connectivity index (χ0v) is 8.13. The molecule has 1 heterocycles. The Balaban J connectivity index is 2.82. The summed E-state index contributed by atoms with van der Waals surface area (Å²) in [6.07, 6.45) is 1.84. The highest BCUT2D eigenvalue weighted by molar-refractivity contribution is 5.92. The molecule has 4 nitrogen and oxygen atoms in total. The molecule has 74 valence electrons. The average Bonchev–Trinajstić information content (AvgIpc) is 2.62. The number of fused-ring (bicyclic) bond motifs is 1. The molecule has 0 aliphatic heterocycles. The van der Waals surface area contributed by atoms with Crippen LogP contribution in [0.25, 0.3) is 10.9 Å². The molecule has 14 heavy (non-hydrogen) atoms. The normalized spacial score (nSPS) is 10.4. The lowest BCUT2D eigenvalue weighted by Gasteiger charge is -2.10. The molecular formula is C10H12N2O2. The number of anilines is 1. The largest absolute Gasteiger partial charge is 0.491 e. The summed E-state index contributed by atoms with van der Waals surface area (Å²) >= 11 is 0. The molecule has 0 radical (unpaired) electrons. The molecule has 0 unspecified atom stereocenters. The molecule has 3 N–H and O–H groups in total. The molecule has 0 atom stereocenters. The molecular weight excluding hydrogens is 180 g/mol. The van der Waals surface area contributed by atoms with Crippen LogP contribution in [0.5, 0.6) is 11.5 Å². The number of rotatable bonds is 2. The van der Waals surface area contributed by atoms with Gasteiger partial charge in [0.1, 0.15) is 0 Å². The standard InChI is InChI=1S/C10H12N2O2/c1-13-9-7(11)5-6-3-4-12-8(6)10(9)14-2/h3-5,12H,11H2,1-2H3. The smallest absolute Gasteiger partial charge is 0.187 e. The number of H-pyrrole nitrogens is 1. The van der Waals surface area contributed by atoms with Gasteiger partial charge in [0.15, 0.2) is 11.5 Å². The third kappa shape index (κ3) is 1.08. The van der Waals surface area contributed by atoms with Gasteiger partial charge in [-0.05, 0) is 12.1 Å². The Morgan fingerprint density at radius 1 is 1.21 bits per heavy atom. The van der Waals surface area contributed by atoms with Crippen LogP contribution in [-0.4, -0.2) is 19.2 Å². The first-order valence-corrected chi connectivity index (χ1v) is 4.25. The molecule has 0 aliphatic carbocycles. The Kier molecular flexibility index (Phi) is 1.96. The molecule has 0 saturated heterocycles. The molecule has 0 aliphatic rings. The minimum atomic E-state index is 0.572. The number of nitrogen functional groups attached to an aromatic ring is 1. The summed E-state index contributed by atoms with van der Waals surface area (Å²) in [5.74, 6) is 1.22. The van der Waals surface area contributed by atoms with E-state index in [1.54, 1.807) is 14.2 Å². The topological polar surface area (TPSA) is 60.3 Å². The predicted octanol–water partition coefficient (Wildman–Crippen LogP) is 1.77. The second-order valence-corrected chi connectivity index (χ2v) is 2.97. The number of nitrogens with one attached hydrogen (secondary N) is 1. The number of aromatic nitrogens is 1. The number of aromatic amines is 1. The minimum absolute atomic E-state index is 0.572. The van der Waals surface area contributed by atoms with Crippen molar-refractivity contribution in [2.75, 3.05) is 20.0 Å². The van der Waals surface area contributed by atoms with Gasteiger partial charge < -0.3 is 20.2 Å². The Hall–Kier alpha value is -1.84. The van der Waals surface area contributed by atoms with E-state index in [4.69, 9.17) is 15.2 Å². The molecule has 0 bridgehead atoms. The zero-order chi connectivity index (χ0) is 10.1. The highest BCUT2D eigenvalue weighted by atomic mass is 16.5. The van der Waals surface area contributed by atoms with Crippen LogP contribution in [0.2, 0.25) is 0 Å². The molecule has 0 fully saturated rings. The summed E-state index contributed by atoms with van der Waals surface area (Å²) in [7, 11) is 3.17.